The van der Waals surface area contributed by atoms with E-state index >= 15 is 0 Å². The van der Waals surface area contributed by atoms with E-state index in [1.165, 1.54) is 5.56 Å². The van der Waals surface area contributed by atoms with Crippen LogP contribution in [-0.2, 0) is 16.9 Å². The van der Waals surface area contributed by atoms with Gasteiger partial charge in [-0.2, -0.15) is 0 Å². The van der Waals surface area contributed by atoms with Gasteiger partial charge in [0.25, 0.3) is 5.91 Å². The topological polar surface area (TPSA) is 53.8 Å². The number of hydrogen-bond donors (Lipinski definition) is 0. The van der Waals surface area contributed by atoms with Gasteiger partial charge in [0.15, 0.2) is 5.78 Å². The highest BCUT2D eigenvalue weighted by molar-refractivity contribution is 6.30. The second-order valence-corrected chi connectivity index (χ2v) is 11.4. The molecule has 39 heavy (non-hydrogen) atoms. The van der Waals surface area contributed by atoms with E-state index in [-0.39, 0.29) is 17.6 Å². The van der Waals surface area contributed by atoms with Crippen molar-refractivity contribution in [1.29, 1.82) is 0 Å². The van der Waals surface area contributed by atoms with Gasteiger partial charge in [-0.15, -0.1) is 0 Å². The lowest BCUT2D eigenvalue weighted by Crippen LogP contribution is -2.53. The van der Waals surface area contributed by atoms with Gasteiger partial charge in [0.2, 0.25) is 0 Å². The van der Waals surface area contributed by atoms with Gasteiger partial charge in [-0.25, -0.2) is 0 Å². The number of likely N-dealkylation sites (N-methyl/N-ethyl adjacent to an activating group) is 1. The van der Waals surface area contributed by atoms with Gasteiger partial charge in [0.1, 0.15) is 11.3 Å². The first kappa shape index (κ1) is 25.6. The van der Waals surface area contributed by atoms with Crippen LogP contribution in [0.2, 0.25) is 5.02 Å². The van der Waals surface area contributed by atoms with Crippen molar-refractivity contribution in [2.24, 2.45) is 5.92 Å². The fourth-order valence-corrected chi connectivity index (χ4v) is 6.73. The first-order valence-corrected chi connectivity index (χ1v) is 13.7. The standard InChI is InChI=1S/C33H31ClN2O3/c1-21(2)23-13-15-24(16-14-23)31(37)30-26(29-12-7-17-39-29)20-35(3)33(30)27-10-4-5-11-28(27)36(32(33)38)19-22-8-6-9-25(34)18-22/h4-18,21,26,30H,19-20H2,1-3H3/t26-,30+,33+/m1/s1. The Balaban J connectivity index is 1.51. The first-order valence-electron chi connectivity index (χ1n) is 13.4. The molecule has 0 radical (unpaired) electrons. The molecule has 3 atom stereocenters. The van der Waals surface area contributed by atoms with Crippen molar-refractivity contribution in [1.82, 2.24) is 4.90 Å². The molecular weight excluding hydrogens is 508 g/mol. The Hall–Kier alpha value is -3.67. The fraction of sp³-hybridized carbons (Fsp3) is 0.273. The molecule has 2 aliphatic rings. The zero-order valence-electron chi connectivity index (χ0n) is 22.3. The maximum Gasteiger partial charge on any atom is 0.253 e. The Kier molecular flexibility index (Phi) is 6.44. The highest BCUT2D eigenvalue weighted by Gasteiger charge is 2.66. The summed E-state index contributed by atoms with van der Waals surface area (Å²) in [7, 11) is 1.95. The molecule has 1 amide bonds. The molecule has 6 rings (SSSR count). The summed E-state index contributed by atoms with van der Waals surface area (Å²) in [6, 6.07) is 27.0. The van der Waals surface area contributed by atoms with Gasteiger partial charge in [0.05, 0.1) is 18.7 Å². The molecule has 3 aromatic carbocycles. The van der Waals surface area contributed by atoms with E-state index in [0.717, 1.165) is 22.6 Å². The molecule has 0 aliphatic carbocycles. The minimum absolute atomic E-state index is 0.0520. The molecule has 1 spiro atoms. The monoisotopic (exact) mass is 538 g/mol. The van der Waals surface area contributed by atoms with Crippen LogP contribution >= 0.6 is 11.6 Å². The normalized spacial score (nSPS) is 22.7. The third kappa shape index (κ3) is 4.03. The van der Waals surface area contributed by atoms with E-state index in [9.17, 15) is 9.59 Å². The van der Waals surface area contributed by atoms with Crippen LogP contribution in [0.15, 0.2) is 95.6 Å². The van der Waals surface area contributed by atoms with Crippen LogP contribution in [-0.4, -0.2) is 30.2 Å². The molecule has 1 saturated heterocycles. The number of carbonyl (C=O) groups is 2. The number of halogens is 1. The predicted octanol–water partition coefficient (Wildman–Crippen LogP) is 7.03. The number of ketones is 1. The molecule has 0 N–H and O–H groups in total. The van der Waals surface area contributed by atoms with Crippen molar-refractivity contribution in [2.45, 2.75) is 37.8 Å². The van der Waals surface area contributed by atoms with E-state index in [1.807, 2.05) is 96.9 Å². The fourth-order valence-electron chi connectivity index (χ4n) is 6.52. The SMILES string of the molecule is CC(C)c1ccc(C(=O)[C@@H]2[C@@H](c3ccco3)CN(C)[C@]23C(=O)N(Cc2cccc(Cl)c2)c2ccccc23)cc1. The highest BCUT2D eigenvalue weighted by atomic mass is 35.5. The number of amides is 1. The highest BCUT2D eigenvalue weighted by Crippen LogP contribution is 2.57. The lowest BCUT2D eigenvalue weighted by molar-refractivity contribution is -0.129. The quantitative estimate of drug-likeness (QED) is 0.247. The summed E-state index contributed by atoms with van der Waals surface area (Å²) in [5, 5.41) is 0.621. The molecule has 0 bridgehead atoms. The molecular formula is C33H31ClN2O3. The lowest BCUT2D eigenvalue weighted by Gasteiger charge is -2.36. The molecule has 0 saturated carbocycles. The Morgan fingerprint density at radius 2 is 1.79 bits per heavy atom. The van der Waals surface area contributed by atoms with Gasteiger partial charge in [0, 0.05) is 34.3 Å². The number of rotatable bonds is 6. The molecule has 6 heteroatoms. The van der Waals surface area contributed by atoms with Crippen molar-refractivity contribution in [2.75, 3.05) is 18.5 Å². The first-order chi connectivity index (χ1) is 18.8. The predicted molar refractivity (Wildman–Crippen MR) is 153 cm³/mol. The van der Waals surface area contributed by atoms with E-state index in [1.54, 1.807) is 6.26 Å². The smallest absolute Gasteiger partial charge is 0.253 e. The third-order valence-corrected chi connectivity index (χ3v) is 8.62. The minimum Gasteiger partial charge on any atom is -0.469 e. The minimum atomic E-state index is -1.17. The van der Waals surface area contributed by atoms with Crippen LogP contribution in [0.5, 0.6) is 0 Å². The van der Waals surface area contributed by atoms with Gasteiger partial charge in [-0.05, 0) is 54.4 Å². The maximum absolute atomic E-state index is 14.8. The van der Waals surface area contributed by atoms with Crippen LogP contribution in [0.25, 0.3) is 0 Å². The van der Waals surface area contributed by atoms with Crippen molar-refractivity contribution < 1.29 is 14.0 Å². The van der Waals surface area contributed by atoms with E-state index in [2.05, 4.69) is 18.7 Å². The number of carbonyl (C=O) groups excluding carboxylic acids is 2. The maximum atomic E-state index is 14.8. The summed E-state index contributed by atoms with van der Waals surface area (Å²) in [5.74, 6) is -0.0325. The largest absolute Gasteiger partial charge is 0.469 e. The van der Waals surface area contributed by atoms with E-state index in [4.69, 9.17) is 16.0 Å². The zero-order valence-corrected chi connectivity index (χ0v) is 23.1. The van der Waals surface area contributed by atoms with Crippen LogP contribution in [0, 0.1) is 5.92 Å². The second-order valence-electron chi connectivity index (χ2n) is 10.9. The Morgan fingerprint density at radius 1 is 1.03 bits per heavy atom. The summed E-state index contributed by atoms with van der Waals surface area (Å²) < 4.78 is 5.88. The van der Waals surface area contributed by atoms with Gasteiger partial charge < -0.3 is 9.32 Å². The molecule has 2 aliphatic heterocycles. The Labute approximate surface area is 234 Å². The van der Waals surface area contributed by atoms with Crippen molar-refractivity contribution in [3.63, 3.8) is 0 Å². The van der Waals surface area contributed by atoms with Crippen LogP contribution < -0.4 is 4.90 Å². The average molecular weight is 539 g/mol. The number of para-hydroxylation sites is 1. The van der Waals surface area contributed by atoms with Crippen molar-refractivity contribution in [3.05, 3.63) is 124 Å². The summed E-state index contributed by atoms with van der Waals surface area (Å²) in [4.78, 5) is 33.2. The number of hydrogen-bond acceptors (Lipinski definition) is 4. The number of anilines is 1. The average Bonchev–Trinajstić information content (AvgIpc) is 3.63. The van der Waals surface area contributed by atoms with Gasteiger partial charge in [-0.1, -0.05) is 80.0 Å². The summed E-state index contributed by atoms with van der Waals surface area (Å²) in [5.41, 5.74) is 3.21. The summed E-state index contributed by atoms with van der Waals surface area (Å²) in [6.45, 7) is 5.14. The summed E-state index contributed by atoms with van der Waals surface area (Å²) >= 11 is 6.28. The van der Waals surface area contributed by atoms with Crippen molar-refractivity contribution in [3.8, 4) is 0 Å². The Bertz CT molecular complexity index is 1530. The molecule has 1 aromatic heterocycles. The second kappa shape index (κ2) is 9.82. The number of fused-ring (bicyclic) bond motifs is 2. The molecule has 3 heterocycles. The molecule has 1 fully saturated rings. The molecule has 4 aromatic rings. The number of benzene rings is 3. The molecule has 198 valence electrons. The van der Waals surface area contributed by atoms with Gasteiger partial charge >= 0.3 is 0 Å². The zero-order chi connectivity index (χ0) is 27.3. The molecule has 0 unspecified atom stereocenters. The number of likely N-dealkylation sites (tertiary alicyclic amines) is 1. The van der Waals surface area contributed by atoms with Crippen LogP contribution in [0.3, 0.4) is 0 Å². The van der Waals surface area contributed by atoms with Crippen molar-refractivity contribution >= 4 is 29.0 Å². The van der Waals surface area contributed by atoms with Crippen LogP contribution in [0.4, 0.5) is 5.69 Å². The van der Waals surface area contributed by atoms with Gasteiger partial charge in [-0.3, -0.25) is 14.5 Å². The van der Waals surface area contributed by atoms with E-state index in [0.29, 0.717) is 29.6 Å². The third-order valence-electron chi connectivity index (χ3n) is 8.38. The molecule has 5 nitrogen and oxygen atoms in total. The number of nitrogens with zero attached hydrogens (tertiary/aromatic N) is 2. The van der Waals surface area contributed by atoms with E-state index < -0.39 is 11.5 Å². The number of Topliss-reactive ketones (excluding diaryl/α,β-unsaturated/α-hetero) is 1. The summed E-state index contributed by atoms with van der Waals surface area (Å²) in [6.07, 6.45) is 1.63. The Morgan fingerprint density at radius 3 is 2.49 bits per heavy atom. The number of furan rings is 1. The van der Waals surface area contributed by atoms with Crippen LogP contribution in [0.1, 0.15) is 58.5 Å². The lowest BCUT2D eigenvalue weighted by atomic mass is 9.71.